The van der Waals surface area contributed by atoms with Gasteiger partial charge in [0, 0.05) is 21.7 Å². The fourth-order valence-corrected chi connectivity index (χ4v) is 4.26. The molecular formula is C15H17BrN2S. The van der Waals surface area contributed by atoms with Crippen LogP contribution in [0.3, 0.4) is 0 Å². The van der Waals surface area contributed by atoms with Gasteiger partial charge in [-0.05, 0) is 49.4 Å². The average Bonchev–Trinajstić information content (AvgIpc) is 3.08. The molecule has 1 aromatic carbocycles. The lowest BCUT2D eigenvalue weighted by Crippen LogP contribution is -1.96. The van der Waals surface area contributed by atoms with Crippen LogP contribution in [0, 0.1) is 13.8 Å². The van der Waals surface area contributed by atoms with Crippen molar-refractivity contribution in [2.45, 2.75) is 39.0 Å². The molecule has 0 radical (unpaired) electrons. The highest BCUT2D eigenvalue weighted by Crippen LogP contribution is 2.44. The van der Waals surface area contributed by atoms with Crippen molar-refractivity contribution in [2.24, 2.45) is 0 Å². The van der Waals surface area contributed by atoms with Crippen LogP contribution in [0.5, 0.6) is 0 Å². The number of halogens is 1. The second kappa shape index (κ2) is 4.91. The molecule has 2 nitrogen and oxygen atoms in total. The molecule has 100 valence electrons. The Morgan fingerprint density at radius 3 is 2.74 bits per heavy atom. The number of rotatable bonds is 3. The Labute approximate surface area is 126 Å². The van der Waals surface area contributed by atoms with Crippen LogP contribution in [0.1, 0.15) is 46.0 Å². The summed E-state index contributed by atoms with van der Waals surface area (Å²) in [4.78, 5) is 5.87. The number of aryl methyl sites for hydroxylation is 2. The molecule has 0 atom stereocenters. The van der Waals surface area contributed by atoms with E-state index in [1.54, 1.807) is 11.3 Å². The Morgan fingerprint density at radius 2 is 2.11 bits per heavy atom. The number of aromatic nitrogens is 1. The summed E-state index contributed by atoms with van der Waals surface area (Å²) in [5, 5.41) is 0.706. The predicted octanol–water partition coefficient (Wildman–Crippen LogP) is 4.57. The molecule has 3 rings (SSSR count). The molecule has 0 amide bonds. The predicted molar refractivity (Wildman–Crippen MR) is 84.9 cm³/mol. The Hall–Kier alpha value is -0.870. The van der Waals surface area contributed by atoms with Gasteiger partial charge >= 0.3 is 0 Å². The van der Waals surface area contributed by atoms with Gasteiger partial charge in [0.2, 0.25) is 0 Å². The highest BCUT2D eigenvalue weighted by molar-refractivity contribution is 9.10. The van der Waals surface area contributed by atoms with Gasteiger partial charge in [-0.2, -0.15) is 0 Å². The van der Waals surface area contributed by atoms with Crippen molar-refractivity contribution in [2.75, 3.05) is 5.73 Å². The lowest BCUT2D eigenvalue weighted by atomic mass is 10.0. The zero-order chi connectivity index (χ0) is 13.6. The molecule has 1 aliphatic carbocycles. The van der Waals surface area contributed by atoms with Crippen LogP contribution in [0.2, 0.25) is 0 Å². The average molecular weight is 337 g/mol. The summed E-state index contributed by atoms with van der Waals surface area (Å²) in [6.07, 6.45) is 3.47. The molecular weight excluding hydrogens is 320 g/mol. The zero-order valence-electron chi connectivity index (χ0n) is 11.2. The lowest BCUT2D eigenvalue weighted by Gasteiger charge is -2.10. The third-order valence-electron chi connectivity index (χ3n) is 3.61. The van der Waals surface area contributed by atoms with E-state index in [0.29, 0.717) is 11.0 Å². The Bertz CT molecular complexity index is 606. The number of benzene rings is 1. The number of hydrogen-bond donors (Lipinski definition) is 1. The van der Waals surface area contributed by atoms with Gasteiger partial charge in [0.05, 0.1) is 5.69 Å². The van der Waals surface area contributed by atoms with Crippen molar-refractivity contribution in [3.8, 4) is 0 Å². The van der Waals surface area contributed by atoms with Gasteiger partial charge in [-0.3, -0.25) is 0 Å². The van der Waals surface area contributed by atoms with Gasteiger partial charge in [0.25, 0.3) is 0 Å². The molecule has 1 saturated carbocycles. The summed E-state index contributed by atoms with van der Waals surface area (Å²) < 4.78 is 1.19. The van der Waals surface area contributed by atoms with Crippen LogP contribution in [-0.2, 0) is 6.42 Å². The molecule has 4 heteroatoms. The molecule has 0 spiro atoms. The number of nitrogens with two attached hydrogens (primary N) is 1. The van der Waals surface area contributed by atoms with E-state index in [1.807, 2.05) is 0 Å². The van der Waals surface area contributed by atoms with Crippen molar-refractivity contribution in [1.29, 1.82) is 0 Å². The van der Waals surface area contributed by atoms with Crippen LogP contribution in [-0.4, -0.2) is 4.98 Å². The Morgan fingerprint density at radius 1 is 1.37 bits per heavy atom. The molecule has 1 fully saturated rings. The summed E-state index contributed by atoms with van der Waals surface area (Å²) in [7, 11) is 0. The summed E-state index contributed by atoms with van der Waals surface area (Å²) in [6, 6.07) is 4.42. The van der Waals surface area contributed by atoms with Gasteiger partial charge in [-0.1, -0.05) is 22.0 Å². The minimum atomic E-state index is 0.660. The Kier molecular flexibility index (Phi) is 3.39. The maximum atomic E-state index is 5.89. The molecule has 1 aliphatic rings. The van der Waals surface area contributed by atoms with E-state index in [2.05, 4.69) is 46.9 Å². The largest absolute Gasteiger partial charge is 0.375 e. The fraction of sp³-hybridized carbons (Fsp3) is 0.400. The van der Waals surface area contributed by atoms with E-state index >= 15 is 0 Å². The van der Waals surface area contributed by atoms with Crippen molar-refractivity contribution < 1.29 is 0 Å². The smallest absolute Gasteiger partial charge is 0.180 e. The van der Waals surface area contributed by atoms with E-state index in [4.69, 9.17) is 5.73 Å². The first-order valence-corrected chi connectivity index (χ1v) is 8.16. The van der Waals surface area contributed by atoms with E-state index in [1.165, 1.54) is 44.6 Å². The monoisotopic (exact) mass is 336 g/mol. The molecule has 0 bridgehead atoms. The minimum Gasteiger partial charge on any atom is -0.375 e. The molecule has 19 heavy (non-hydrogen) atoms. The standard InChI is InChI=1S/C15H17BrN2S/c1-8-5-9(2)11(12(16)6-8)7-13-14(10-3-4-10)18-15(17)19-13/h5-6,10H,3-4,7H2,1-2H3,(H2,17,18). The SMILES string of the molecule is Cc1cc(C)c(Cc2sc(N)nc2C2CC2)c(Br)c1. The van der Waals surface area contributed by atoms with Gasteiger partial charge in [-0.15, -0.1) is 11.3 Å². The summed E-state index contributed by atoms with van der Waals surface area (Å²) >= 11 is 5.34. The van der Waals surface area contributed by atoms with Gasteiger partial charge in [0.1, 0.15) is 0 Å². The van der Waals surface area contributed by atoms with Crippen molar-refractivity contribution in [3.05, 3.63) is 43.9 Å². The molecule has 2 N–H and O–H groups in total. The summed E-state index contributed by atoms with van der Waals surface area (Å²) in [6.45, 7) is 4.30. The van der Waals surface area contributed by atoms with Gasteiger partial charge in [-0.25, -0.2) is 4.98 Å². The molecule has 2 aromatic rings. The van der Waals surface area contributed by atoms with Crippen LogP contribution < -0.4 is 5.73 Å². The highest BCUT2D eigenvalue weighted by atomic mass is 79.9. The number of thiazole rings is 1. The first-order chi connectivity index (χ1) is 9.04. The van der Waals surface area contributed by atoms with Gasteiger partial charge < -0.3 is 5.73 Å². The number of hydrogen-bond acceptors (Lipinski definition) is 3. The van der Waals surface area contributed by atoms with Crippen LogP contribution in [0.4, 0.5) is 5.13 Å². The second-order valence-corrected chi connectivity index (χ2v) is 7.32. The maximum Gasteiger partial charge on any atom is 0.180 e. The Balaban J connectivity index is 1.97. The van der Waals surface area contributed by atoms with Crippen molar-refractivity contribution in [3.63, 3.8) is 0 Å². The number of anilines is 1. The van der Waals surface area contributed by atoms with Gasteiger partial charge in [0.15, 0.2) is 5.13 Å². The number of nitrogens with zero attached hydrogens (tertiary/aromatic N) is 1. The highest BCUT2D eigenvalue weighted by Gasteiger charge is 2.29. The van der Waals surface area contributed by atoms with Crippen LogP contribution in [0.25, 0.3) is 0 Å². The molecule has 0 aliphatic heterocycles. The topological polar surface area (TPSA) is 38.9 Å². The van der Waals surface area contributed by atoms with Crippen molar-refractivity contribution in [1.82, 2.24) is 4.98 Å². The fourth-order valence-electron chi connectivity index (χ4n) is 2.51. The maximum absolute atomic E-state index is 5.89. The summed E-state index contributed by atoms with van der Waals surface area (Å²) in [5.74, 6) is 0.660. The molecule has 0 unspecified atom stereocenters. The van der Waals surface area contributed by atoms with Crippen LogP contribution >= 0.6 is 27.3 Å². The molecule has 1 heterocycles. The number of nitrogen functional groups attached to an aromatic ring is 1. The van der Waals surface area contributed by atoms with E-state index in [9.17, 15) is 0 Å². The van der Waals surface area contributed by atoms with E-state index in [-0.39, 0.29) is 0 Å². The third kappa shape index (κ3) is 2.70. The second-order valence-electron chi connectivity index (χ2n) is 5.35. The normalized spacial score (nSPS) is 14.9. The molecule has 1 aromatic heterocycles. The quantitative estimate of drug-likeness (QED) is 0.891. The van der Waals surface area contributed by atoms with E-state index < -0.39 is 0 Å². The molecule has 0 saturated heterocycles. The minimum absolute atomic E-state index is 0.660. The first-order valence-electron chi connectivity index (χ1n) is 6.55. The lowest BCUT2D eigenvalue weighted by molar-refractivity contribution is 1.00. The summed E-state index contributed by atoms with van der Waals surface area (Å²) in [5.41, 5.74) is 11.1. The third-order valence-corrected chi connectivity index (χ3v) is 5.22. The van der Waals surface area contributed by atoms with Crippen LogP contribution in [0.15, 0.2) is 16.6 Å². The van der Waals surface area contributed by atoms with E-state index in [0.717, 1.165) is 6.42 Å². The first kappa shape index (κ1) is 13.1. The van der Waals surface area contributed by atoms with Crippen molar-refractivity contribution >= 4 is 32.4 Å². The zero-order valence-corrected chi connectivity index (χ0v) is 13.6.